The van der Waals surface area contributed by atoms with Crippen molar-refractivity contribution < 1.29 is 17.7 Å². The van der Waals surface area contributed by atoms with Crippen molar-refractivity contribution in [2.24, 2.45) is 0 Å². The Bertz CT molecular complexity index is 662. The van der Waals surface area contributed by atoms with Gasteiger partial charge < -0.3 is 4.74 Å². The van der Waals surface area contributed by atoms with E-state index in [1.165, 1.54) is 12.1 Å². The molecule has 94 valence electrons. The van der Waals surface area contributed by atoms with Crippen LogP contribution in [0.5, 0.6) is 5.75 Å². The van der Waals surface area contributed by atoms with Crippen molar-refractivity contribution in [2.45, 2.75) is 4.90 Å². The van der Waals surface area contributed by atoms with Gasteiger partial charge in [0.2, 0.25) is 0 Å². The highest BCUT2D eigenvalue weighted by atomic mass is 32.2. The van der Waals surface area contributed by atoms with Crippen LogP contribution in [-0.2, 0) is 10.1 Å². The third kappa shape index (κ3) is 2.69. The molecule has 2 aromatic carbocycles. The molecule has 0 fully saturated rings. The van der Waals surface area contributed by atoms with Crippen molar-refractivity contribution in [1.29, 1.82) is 0 Å². The van der Waals surface area contributed by atoms with Gasteiger partial charge in [0.25, 0.3) is 10.1 Å². The van der Waals surface area contributed by atoms with Gasteiger partial charge in [0.05, 0.1) is 12.0 Å². The number of benzene rings is 2. The van der Waals surface area contributed by atoms with Gasteiger partial charge in [-0.1, -0.05) is 24.3 Å². The van der Waals surface area contributed by atoms with Crippen LogP contribution in [0, 0.1) is 0 Å². The number of ether oxygens (including phenoxy) is 1. The molecule has 2 aromatic rings. The first-order valence-electron chi connectivity index (χ1n) is 5.23. The molecular formula is C13H12O4S. The fourth-order valence-corrected chi connectivity index (χ4v) is 2.17. The molecule has 0 bridgehead atoms. The second-order valence-electron chi connectivity index (χ2n) is 3.73. The summed E-state index contributed by atoms with van der Waals surface area (Å²) < 4.78 is 36.3. The van der Waals surface area contributed by atoms with E-state index < -0.39 is 10.1 Å². The van der Waals surface area contributed by atoms with Crippen molar-refractivity contribution in [3.05, 3.63) is 48.5 Å². The molecule has 0 unspecified atom stereocenters. The van der Waals surface area contributed by atoms with Crippen molar-refractivity contribution in [3.8, 4) is 16.9 Å². The molecule has 0 saturated heterocycles. The number of rotatable bonds is 3. The molecule has 0 spiro atoms. The fourth-order valence-electron chi connectivity index (χ4n) is 1.64. The van der Waals surface area contributed by atoms with Gasteiger partial charge in [0.15, 0.2) is 0 Å². The van der Waals surface area contributed by atoms with Gasteiger partial charge in [-0.3, -0.25) is 4.55 Å². The lowest BCUT2D eigenvalue weighted by molar-refractivity contribution is 0.415. The summed E-state index contributed by atoms with van der Waals surface area (Å²) in [6.07, 6.45) is 0. The van der Waals surface area contributed by atoms with Crippen LogP contribution in [0.2, 0.25) is 0 Å². The molecule has 0 amide bonds. The molecule has 18 heavy (non-hydrogen) atoms. The molecule has 1 N–H and O–H groups in total. The molecule has 5 heteroatoms. The second-order valence-corrected chi connectivity index (χ2v) is 5.16. The molecular weight excluding hydrogens is 252 g/mol. The second kappa shape index (κ2) is 4.80. The summed E-state index contributed by atoms with van der Waals surface area (Å²) in [5.41, 5.74) is 1.52. The first-order chi connectivity index (χ1) is 8.50. The maximum Gasteiger partial charge on any atom is 0.294 e. The van der Waals surface area contributed by atoms with Crippen LogP contribution < -0.4 is 4.74 Å². The molecule has 0 aliphatic heterocycles. The van der Waals surface area contributed by atoms with E-state index in [9.17, 15) is 8.42 Å². The van der Waals surface area contributed by atoms with Gasteiger partial charge in [-0.15, -0.1) is 0 Å². The van der Waals surface area contributed by atoms with Crippen LogP contribution in [0.25, 0.3) is 11.1 Å². The predicted octanol–water partition coefficient (Wildman–Crippen LogP) is 2.61. The van der Waals surface area contributed by atoms with Gasteiger partial charge in [-0.2, -0.15) is 8.42 Å². The summed E-state index contributed by atoms with van der Waals surface area (Å²) in [5.74, 6) is 0.685. The summed E-state index contributed by atoms with van der Waals surface area (Å²) in [5, 5.41) is 0. The number of hydrogen-bond acceptors (Lipinski definition) is 3. The molecule has 0 atom stereocenters. The Labute approximate surface area is 106 Å². The van der Waals surface area contributed by atoms with Gasteiger partial charge >= 0.3 is 0 Å². The van der Waals surface area contributed by atoms with E-state index in [1.807, 2.05) is 12.1 Å². The maximum absolute atomic E-state index is 11.1. The van der Waals surface area contributed by atoms with Crippen molar-refractivity contribution in [3.63, 3.8) is 0 Å². The molecule has 2 rings (SSSR count). The first-order valence-corrected chi connectivity index (χ1v) is 6.67. The number of hydrogen-bond donors (Lipinski definition) is 1. The molecule has 0 aromatic heterocycles. The monoisotopic (exact) mass is 264 g/mol. The van der Waals surface area contributed by atoms with E-state index in [0.29, 0.717) is 11.3 Å². The average Bonchev–Trinajstić information content (AvgIpc) is 2.38. The number of methoxy groups -OCH3 is 1. The highest BCUT2D eigenvalue weighted by Gasteiger charge is 2.10. The average molecular weight is 264 g/mol. The first kappa shape index (κ1) is 12.6. The lowest BCUT2D eigenvalue weighted by Gasteiger charge is -2.06. The van der Waals surface area contributed by atoms with Crippen LogP contribution in [0.4, 0.5) is 0 Å². The SMILES string of the molecule is COc1cccc(-c2cccc(S(=O)(=O)O)c2)c1. The predicted molar refractivity (Wildman–Crippen MR) is 68.2 cm³/mol. The van der Waals surface area contributed by atoms with Crippen molar-refractivity contribution >= 4 is 10.1 Å². The molecule has 0 saturated carbocycles. The quantitative estimate of drug-likeness (QED) is 0.865. The lowest BCUT2D eigenvalue weighted by atomic mass is 10.1. The van der Waals surface area contributed by atoms with Gasteiger partial charge in [-0.05, 0) is 35.4 Å². The summed E-state index contributed by atoms with van der Waals surface area (Å²) >= 11 is 0. The highest BCUT2D eigenvalue weighted by molar-refractivity contribution is 7.85. The molecule has 4 nitrogen and oxygen atoms in total. The summed E-state index contributed by atoms with van der Waals surface area (Å²) in [7, 11) is -2.62. The summed E-state index contributed by atoms with van der Waals surface area (Å²) in [4.78, 5) is -0.122. The van der Waals surface area contributed by atoms with E-state index in [0.717, 1.165) is 5.56 Å². The lowest BCUT2D eigenvalue weighted by Crippen LogP contribution is -1.97. The molecule has 0 radical (unpaired) electrons. The van der Waals surface area contributed by atoms with Crippen LogP contribution in [0.3, 0.4) is 0 Å². The summed E-state index contributed by atoms with van der Waals surface area (Å²) in [6.45, 7) is 0. The molecule has 0 aliphatic rings. The van der Waals surface area contributed by atoms with Crippen LogP contribution in [-0.4, -0.2) is 20.1 Å². The Morgan fingerprint density at radius 1 is 1.00 bits per heavy atom. The Morgan fingerprint density at radius 2 is 1.61 bits per heavy atom. The minimum Gasteiger partial charge on any atom is -0.497 e. The maximum atomic E-state index is 11.1. The normalized spacial score (nSPS) is 11.2. The Morgan fingerprint density at radius 3 is 2.22 bits per heavy atom. The van der Waals surface area contributed by atoms with E-state index in [-0.39, 0.29) is 4.90 Å². The zero-order valence-corrected chi connectivity index (χ0v) is 10.5. The van der Waals surface area contributed by atoms with E-state index in [4.69, 9.17) is 9.29 Å². The van der Waals surface area contributed by atoms with E-state index in [1.54, 1.807) is 31.4 Å². The van der Waals surface area contributed by atoms with Crippen molar-refractivity contribution in [1.82, 2.24) is 0 Å². The molecule has 0 aliphatic carbocycles. The van der Waals surface area contributed by atoms with E-state index in [2.05, 4.69) is 0 Å². The zero-order valence-electron chi connectivity index (χ0n) is 9.70. The topological polar surface area (TPSA) is 63.6 Å². The largest absolute Gasteiger partial charge is 0.497 e. The van der Waals surface area contributed by atoms with Crippen LogP contribution in [0.1, 0.15) is 0 Å². The zero-order chi connectivity index (χ0) is 13.2. The highest BCUT2D eigenvalue weighted by Crippen LogP contribution is 2.25. The van der Waals surface area contributed by atoms with Gasteiger partial charge in [-0.25, -0.2) is 0 Å². The van der Waals surface area contributed by atoms with Crippen molar-refractivity contribution in [2.75, 3.05) is 7.11 Å². The Kier molecular flexibility index (Phi) is 3.36. The van der Waals surface area contributed by atoms with Crippen LogP contribution >= 0.6 is 0 Å². The van der Waals surface area contributed by atoms with E-state index >= 15 is 0 Å². The van der Waals surface area contributed by atoms with Crippen LogP contribution in [0.15, 0.2) is 53.4 Å². The van der Waals surface area contributed by atoms with Gasteiger partial charge in [0.1, 0.15) is 5.75 Å². The fraction of sp³-hybridized carbons (Fsp3) is 0.0769. The minimum absolute atomic E-state index is 0.122. The Balaban J connectivity index is 2.51. The summed E-state index contributed by atoms with van der Waals surface area (Å²) in [6, 6.07) is 13.4. The standard InChI is InChI=1S/C13H12O4S/c1-17-12-6-2-4-10(8-12)11-5-3-7-13(9-11)18(14,15)16/h2-9H,1H3,(H,14,15,16). The third-order valence-electron chi connectivity index (χ3n) is 2.53. The molecule has 0 heterocycles. The third-order valence-corrected chi connectivity index (χ3v) is 3.38. The smallest absolute Gasteiger partial charge is 0.294 e. The minimum atomic E-state index is -4.18. The van der Waals surface area contributed by atoms with Gasteiger partial charge in [0, 0.05) is 0 Å². The Hall–Kier alpha value is -1.85.